The molecule has 3 aliphatic rings. The van der Waals surface area contributed by atoms with Crippen molar-refractivity contribution in [2.75, 3.05) is 6.61 Å². The van der Waals surface area contributed by atoms with E-state index in [0.717, 1.165) is 80.3 Å². The minimum Gasteiger partial charge on any atom is -0.494 e. The molecule has 0 aliphatic heterocycles. The molecule has 1 amide bonds. The Labute approximate surface area is 229 Å². The third kappa shape index (κ3) is 7.34. The molecule has 2 aromatic rings. The summed E-state index contributed by atoms with van der Waals surface area (Å²) in [7, 11) is 0. The number of nitrogens with zero attached hydrogens (tertiary/aromatic N) is 1. The van der Waals surface area contributed by atoms with Gasteiger partial charge in [-0.05, 0) is 112 Å². The number of rotatable bonds is 7. The number of fused-ring (bicyclic) bond motifs is 1. The minimum absolute atomic E-state index is 0.138. The van der Waals surface area contributed by atoms with Crippen LogP contribution in [-0.2, 0) is 4.79 Å². The van der Waals surface area contributed by atoms with Crippen molar-refractivity contribution in [1.82, 2.24) is 10.3 Å². The molecule has 2 atom stereocenters. The molecule has 0 bridgehead atoms. The zero-order chi connectivity index (χ0) is 25.5. The standard InChI is InChI=1S/C32H39BrN2O2/c33-27-13-15-29(16-14-27)37-20-18-23-5-4-7-28(21-23)35-32(36)26-11-9-24(10-12-26)22-31-30-8-3-1-2-6-25(30)17-19-34-31/h6,8,13-17,19,22-23,26,28H,1-5,7,9-12,18,20-21H2,(H,35,36). The van der Waals surface area contributed by atoms with E-state index in [2.05, 4.69) is 45.5 Å². The van der Waals surface area contributed by atoms with Gasteiger partial charge in [-0.3, -0.25) is 9.78 Å². The molecule has 1 aromatic carbocycles. The van der Waals surface area contributed by atoms with Gasteiger partial charge in [-0.15, -0.1) is 0 Å². The molecule has 196 valence electrons. The number of carbonyl (C=O) groups excluding carboxylic acids is 1. The van der Waals surface area contributed by atoms with Gasteiger partial charge in [0.1, 0.15) is 5.75 Å². The molecule has 0 spiro atoms. The van der Waals surface area contributed by atoms with E-state index in [1.807, 2.05) is 30.5 Å². The Balaban J connectivity index is 1.08. The van der Waals surface area contributed by atoms with Crippen molar-refractivity contribution in [2.24, 2.45) is 11.8 Å². The van der Waals surface area contributed by atoms with Gasteiger partial charge in [0, 0.05) is 27.8 Å². The van der Waals surface area contributed by atoms with Crippen molar-refractivity contribution in [3.8, 4) is 5.75 Å². The Kier molecular flexibility index (Phi) is 9.14. The second kappa shape index (κ2) is 12.9. The van der Waals surface area contributed by atoms with Gasteiger partial charge in [-0.25, -0.2) is 0 Å². The summed E-state index contributed by atoms with van der Waals surface area (Å²) in [5.41, 5.74) is 2.54. The molecule has 0 saturated heterocycles. The zero-order valence-electron chi connectivity index (χ0n) is 21.8. The second-order valence-corrected chi connectivity index (χ2v) is 11.9. The summed E-state index contributed by atoms with van der Waals surface area (Å²) in [6.07, 6.45) is 21.9. The lowest BCUT2D eigenvalue weighted by molar-refractivity contribution is -0.126. The van der Waals surface area contributed by atoms with Gasteiger partial charge in [-0.2, -0.15) is 0 Å². The van der Waals surface area contributed by atoms with Gasteiger partial charge in [-0.1, -0.05) is 46.5 Å². The van der Waals surface area contributed by atoms with Crippen molar-refractivity contribution in [3.05, 3.63) is 62.7 Å². The predicted molar refractivity (Wildman–Crippen MR) is 154 cm³/mol. The number of halogens is 1. The summed E-state index contributed by atoms with van der Waals surface area (Å²) in [6.45, 7) is 0.736. The Bertz CT molecular complexity index is 1210. The van der Waals surface area contributed by atoms with Crippen LogP contribution in [0.2, 0.25) is 0 Å². The monoisotopic (exact) mass is 562 g/mol. The second-order valence-electron chi connectivity index (χ2n) is 10.9. The highest BCUT2D eigenvalue weighted by molar-refractivity contribution is 9.10. The number of nitrogens with one attached hydrogen (secondary N) is 1. The Hall–Kier alpha value is -2.40. The number of carbonyl (C=O) groups is 1. The van der Waals surface area contributed by atoms with E-state index in [4.69, 9.17) is 9.72 Å². The highest BCUT2D eigenvalue weighted by Gasteiger charge is 2.28. The maximum Gasteiger partial charge on any atom is 0.223 e. The summed E-state index contributed by atoms with van der Waals surface area (Å²) in [6, 6.07) is 10.5. The number of benzene rings is 1. The van der Waals surface area contributed by atoms with Crippen molar-refractivity contribution < 1.29 is 9.53 Å². The van der Waals surface area contributed by atoms with E-state index >= 15 is 0 Å². The number of aromatic nitrogens is 1. The van der Waals surface area contributed by atoms with E-state index in [1.54, 1.807) is 0 Å². The van der Waals surface area contributed by atoms with Crippen LogP contribution in [-0.4, -0.2) is 23.5 Å². The Morgan fingerprint density at radius 3 is 2.68 bits per heavy atom. The molecule has 0 radical (unpaired) electrons. The number of pyridine rings is 1. The molecule has 2 fully saturated rings. The number of allylic oxidation sites excluding steroid dienone is 1. The SMILES string of the molecule is O=C(NC1CCCC(CCOc2ccc(Br)cc2)C1)C1CCC(=Cc2nccc3c2=CCCCC=3)CC1. The number of hydrogen-bond acceptors (Lipinski definition) is 3. The van der Waals surface area contributed by atoms with Crippen LogP contribution < -0.4 is 20.5 Å². The lowest BCUT2D eigenvalue weighted by Crippen LogP contribution is -2.42. The van der Waals surface area contributed by atoms with Crippen LogP contribution in [0.5, 0.6) is 5.75 Å². The molecule has 5 rings (SSSR count). The third-order valence-electron chi connectivity index (χ3n) is 8.25. The fourth-order valence-electron chi connectivity index (χ4n) is 6.11. The smallest absolute Gasteiger partial charge is 0.223 e. The molecule has 1 aromatic heterocycles. The van der Waals surface area contributed by atoms with Crippen LogP contribution in [0, 0.1) is 11.8 Å². The Morgan fingerprint density at radius 2 is 1.84 bits per heavy atom. The highest BCUT2D eigenvalue weighted by Crippen LogP contribution is 2.31. The topological polar surface area (TPSA) is 51.2 Å². The fraction of sp³-hybridized carbons (Fsp3) is 0.500. The van der Waals surface area contributed by atoms with Crippen LogP contribution in [0.1, 0.15) is 82.7 Å². The first-order valence-corrected chi connectivity index (χ1v) is 15.0. The van der Waals surface area contributed by atoms with Crippen LogP contribution in [0.3, 0.4) is 0 Å². The molecule has 2 saturated carbocycles. The average Bonchev–Trinajstić information content (AvgIpc) is 3.17. The highest BCUT2D eigenvalue weighted by atomic mass is 79.9. The molecule has 4 nitrogen and oxygen atoms in total. The first-order chi connectivity index (χ1) is 18.1. The van der Waals surface area contributed by atoms with E-state index in [0.29, 0.717) is 12.0 Å². The van der Waals surface area contributed by atoms with Crippen LogP contribution in [0.15, 0.2) is 46.6 Å². The van der Waals surface area contributed by atoms with Crippen molar-refractivity contribution in [2.45, 2.75) is 83.1 Å². The van der Waals surface area contributed by atoms with E-state index in [1.165, 1.54) is 35.3 Å². The summed E-state index contributed by atoms with van der Waals surface area (Å²) in [5, 5.41) is 6.03. The van der Waals surface area contributed by atoms with Gasteiger partial charge < -0.3 is 10.1 Å². The van der Waals surface area contributed by atoms with Crippen LogP contribution in [0.25, 0.3) is 18.2 Å². The van der Waals surface area contributed by atoms with Crippen molar-refractivity contribution >= 4 is 40.1 Å². The molecular formula is C32H39BrN2O2. The van der Waals surface area contributed by atoms with Crippen LogP contribution in [0.4, 0.5) is 0 Å². The molecule has 3 aliphatic carbocycles. The lowest BCUT2D eigenvalue weighted by atomic mass is 9.82. The maximum absolute atomic E-state index is 13.1. The van der Waals surface area contributed by atoms with E-state index < -0.39 is 0 Å². The normalized spacial score (nSPS) is 23.6. The molecular weight excluding hydrogens is 524 g/mol. The molecule has 2 unspecified atom stereocenters. The fourth-order valence-corrected chi connectivity index (χ4v) is 6.37. The largest absolute Gasteiger partial charge is 0.494 e. The Morgan fingerprint density at radius 1 is 1.03 bits per heavy atom. The molecule has 1 N–H and O–H groups in total. The van der Waals surface area contributed by atoms with E-state index in [-0.39, 0.29) is 11.8 Å². The van der Waals surface area contributed by atoms with Gasteiger partial charge in [0.25, 0.3) is 0 Å². The average molecular weight is 564 g/mol. The summed E-state index contributed by atoms with van der Waals surface area (Å²) >= 11 is 3.46. The molecule has 1 heterocycles. The first kappa shape index (κ1) is 26.2. The number of ether oxygens (including phenoxy) is 1. The van der Waals surface area contributed by atoms with Gasteiger partial charge in [0.2, 0.25) is 5.91 Å². The summed E-state index contributed by atoms with van der Waals surface area (Å²) < 4.78 is 7.01. The van der Waals surface area contributed by atoms with Crippen molar-refractivity contribution in [1.29, 1.82) is 0 Å². The first-order valence-electron chi connectivity index (χ1n) is 14.2. The zero-order valence-corrected chi connectivity index (χ0v) is 23.3. The quantitative estimate of drug-likeness (QED) is 0.430. The molecule has 37 heavy (non-hydrogen) atoms. The van der Waals surface area contributed by atoms with Gasteiger partial charge in [0.15, 0.2) is 0 Å². The number of amides is 1. The number of hydrogen-bond donors (Lipinski definition) is 1. The van der Waals surface area contributed by atoms with Crippen LogP contribution >= 0.6 is 15.9 Å². The van der Waals surface area contributed by atoms with Gasteiger partial charge >= 0.3 is 0 Å². The van der Waals surface area contributed by atoms with Crippen molar-refractivity contribution in [3.63, 3.8) is 0 Å². The lowest BCUT2D eigenvalue weighted by Gasteiger charge is -2.32. The van der Waals surface area contributed by atoms with Gasteiger partial charge in [0.05, 0.1) is 12.3 Å². The summed E-state index contributed by atoms with van der Waals surface area (Å²) in [5.74, 6) is 1.95. The third-order valence-corrected chi connectivity index (χ3v) is 8.78. The minimum atomic E-state index is 0.138. The van der Waals surface area contributed by atoms with E-state index in [9.17, 15) is 4.79 Å². The predicted octanol–water partition coefficient (Wildman–Crippen LogP) is 6.31. The molecule has 5 heteroatoms. The maximum atomic E-state index is 13.1. The summed E-state index contributed by atoms with van der Waals surface area (Å²) in [4.78, 5) is 17.8.